The Kier molecular flexibility index (Phi) is 4.13. The standard InChI is InChI=1S/C14H12F3N3S/c1-8-2-3-9(14(15,16)17)6-11(8)20-10-4-5-19-12(7-10)13(18)21/h2-7H,1H3,(H2,18,21)(H,19,20). The Morgan fingerprint density at radius 2 is 1.95 bits per heavy atom. The van der Waals surface area contributed by atoms with Gasteiger partial charge in [0, 0.05) is 17.6 Å². The fourth-order valence-electron chi connectivity index (χ4n) is 1.73. The average molecular weight is 311 g/mol. The Bertz CT molecular complexity index is 683. The number of nitrogens with zero attached hydrogens (tertiary/aromatic N) is 1. The summed E-state index contributed by atoms with van der Waals surface area (Å²) >= 11 is 4.82. The van der Waals surface area contributed by atoms with Gasteiger partial charge >= 0.3 is 6.18 Å². The lowest BCUT2D eigenvalue weighted by Crippen LogP contribution is -2.11. The van der Waals surface area contributed by atoms with E-state index < -0.39 is 11.7 Å². The van der Waals surface area contributed by atoms with Crippen molar-refractivity contribution in [3.63, 3.8) is 0 Å². The molecule has 0 atom stereocenters. The summed E-state index contributed by atoms with van der Waals surface area (Å²) in [7, 11) is 0. The molecule has 110 valence electrons. The van der Waals surface area contributed by atoms with E-state index in [0.29, 0.717) is 22.6 Å². The summed E-state index contributed by atoms with van der Waals surface area (Å²) in [5.41, 5.74) is 6.79. The number of alkyl halides is 3. The zero-order chi connectivity index (χ0) is 15.6. The van der Waals surface area contributed by atoms with E-state index in [0.717, 1.165) is 12.1 Å². The van der Waals surface area contributed by atoms with Crippen LogP contribution in [0.5, 0.6) is 0 Å². The molecule has 2 rings (SSSR count). The molecule has 0 spiro atoms. The third-order valence-corrected chi connectivity index (χ3v) is 3.07. The third-order valence-electron chi connectivity index (χ3n) is 2.86. The lowest BCUT2D eigenvalue weighted by atomic mass is 10.1. The molecular formula is C14H12F3N3S. The molecule has 3 N–H and O–H groups in total. The molecule has 1 aromatic carbocycles. The number of pyridine rings is 1. The van der Waals surface area contributed by atoms with Crippen molar-refractivity contribution in [2.45, 2.75) is 13.1 Å². The molecule has 1 aromatic heterocycles. The van der Waals surface area contributed by atoms with Gasteiger partial charge in [-0.3, -0.25) is 4.98 Å². The molecule has 0 unspecified atom stereocenters. The van der Waals surface area contributed by atoms with E-state index in [4.69, 9.17) is 18.0 Å². The average Bonchev–Trinajstić information content (AvgIpc) is 2.40. The van der Waals surface area contributed by atoms with Crippen molar-refractivity contribution in [1.82, 2.24) is 4.98 Å². The molecule has 3 nitrogen and oxygen atoms in total. The number of anilines is 2. The molecule has 0 aliphatic heterocycles. The van der Waals surface area contributed by atoms with Crippen molar-refractivity contribution in [2.75, 3.05) is 5.32 Å². The molecule has 0 aliphatic rings. The van der Waals surface area contributed by atoms with Gasteiger partial charge in [0.2, 0.25) is 0 Å². The maximum atomic E-state index is 12.7. The Morgan fingerprint density at radius 1 is 1.24 bits per heavy atom. The number of aryl methyl sites for hydroxylation is 1. The predicted molar refractivity (Wildman–Crippen MR) is 79.6 cm³/mol. The zero-order valence-electron chi connectivity index (χ0n) is 11.0. The number of thiocarbonyl (C=S) groups is 1. The summed E-state index contributed by atoms with van der Waals surface area (Å²) in [6.45, 7) is 1.72. The van der Waals surface area contributed by atoms with Crippen LogP contribution in [0.3, 0.4) is 0 Å². The quantitative estimate of drug-likeness (QED) is 0.847. The Balaban J connectivity index is 2.35. The van der Waals surface area contributed by atoms with Crippen LogP contribution in [0.25, 0.3) is 0 Å². The van der Waals surface area contributed by atoms with E-state index in [-0.39, 0.29) is 4.99 Å². The first kappa shape index (κ1) is 15.2. The minimum atomic E-state index is -4.38. The fraction of sp³-hybridized carbons (Fsp3) is 0.143. The lowest BCUT2D eigenvalue weighted by Gasteiger charge is -2.13. The van der Waals surface area contributed by atoms with Crippen LogP contribution >= 0.6 is 12.2 Å². The number of nitrogens with two attached hydrogens (primary N) is 1. The van der Waals surface area contributed by atoms with E-state index >= 15 is 0 Å². The molecule has 0 amide bonds. The van der Waals surface area contributed by atoms with Gasteiger partial charge in [0.25, 0.3) is 0 Å². The van der Waals surface area contributed by atoms with Gasteiger partial charge in [-0.15, -0.1) is 0 Å². The van der Waals surface area contributed by atoms with Crippen LogP contribution in [0.2, 0.25) is 0 Å². The summed E-state index contributed by atoms with van der Waals surface area (Å²) in [6.07, 6.45) is -2.90. The molecule has 0 fully saturated rings. The van der Waals surface area contributed by atoms with E-state index in [1.807, 2.05) is 0 Å². The van der Waals surface area contributed by atoms with Crippen molar-refractivity contribution in [3.05, 3.63) is 53.3 Å². The van der Waals surface area contributed by atoms with Crippen LogP contribution in [-0.4, -0.2) is 9.97 Å². The third kappa shape index (κ3) is 3.69. The Hall–Kier alpha value is -2.15. The van der Waals surface area contributed by atoms with E-state index in [1.165, 1.54) is 12.3 Å². The minimum absolute atomic E-state index is 0.124. The van der Waals surface area contributed by atoms with Gasteiger partial charge in [-0.1, -0.05) is 18.3 Å². The van der Waals surface area contributed by atoms with E-state index in [9.17, 15) is 13.2 Å². The van der Waals surface area contributed by atoms with Gasteiger partial charge in [-0.2, -0.15) is 13.2 Å². The van der Waals surface area contributed by atoms with Gasteiger partial charge in [-0.25, -0.2) is 0 Å². The van der Waals surface area contributed by atoms with Gasteiger partial charge in [0.1, 0.15) is 4.99 Å². The zero-order valence-corrected chi connectivity index (χ0v) is 11.8. The highest BCUT2D eigenvalue weighted by Crippen LogP contribution is 2.33. The largest absolute Gasteiger partial charge is 0.416 e. The number of rotatable bonds is 3. The van der Waals surface area contributed by atoms with E-state index in [2.05, 4.69) is 10.3 Å². The van der Waals surface area contributed by atoms with Crippen LogP contribution in [0.1, 0.15) is 16.8 Å². The number of aromatic nitrogens is 1. The molecule has 2 aromatic rings. The number of halogens is 3. The number of hydrogen-bond acceptors (Lipinski definition) is 3. The normalized spacial score (nSPS) is 11.2. The molecule has 1 heterocycles. The summed E-state index contributed by atoms with van der Waals surface area (Å²) < 4.78 is 38.2. The predicted octanol–water partition coefficient (Wildman–Crippen LogP) is 3.79. The van der Waals surface area contributed by atoms with Gasteiger partial charge in [0.15, 0.2) is 0 Å². The highest BCUT2D eigenvalue weighted by Gasteiger charge is 2.30. The first-order chi connectivity index (χ1) is 9.77. The SMILES string of the molecule is Cc1ccc(C(F)(F)F)cc1Nc1ccnc(C(N)=S)c1. The van der Waals surface area contributed by atoms with Crippen molar-refractivity contribution >= 4 is 28.6 Å². The van der Waals surface area contributed by atoms with Crippen LogP contribution in [0.15, 0.2) is 36.5 Å². The maximum absolute atomic E-state index is 12.7. The highest BCUT2D eigenvalue weighted by atomic mass is 32.1. The molecule has 0 saturated heterocycles. The topological polar surface area (TPSA) is 50.9 Å². The van der Waals surface area contributed by atoms with Crippen molar-refractivity contribution in [3.8, 4) is 0 Å². The summed E-state index contributed by atoms with van der Waals surface area (Å²) in [4.78, 5) is 4.10. The highest BCUT2D eigenvalue weighted by molar-refractivity contribution is 7.80. The number of nitrogens with one attached hydrogen (secondary N) is 1. The Morgan fingerprint density at radius 3 is 2.57 bits per heavy atom. The van der Waals surface area contributed by atoms with E-state index in [1.54, 1.807) is 19.1 Å². The minimum Gasteiger partial charge on any atom is -0.388 e. The second kappa shape index (κ2) is 5.69. The first-order valence-electron chi connectivity index (χ1n) is 5.98. The molecule has 7 heteroatoms. The fourth-order valence-corrected chi connectivity index (χ4v) is 1.84. The smallest absolute Gasteiger partial charge is 0.388 e. The maximum Gasteiger partial charge on any atom is 0.416 e. The van der Waals surface area contributed by atoms with Gasteiger partial charge in [-0.05, 0) is 36.8 Å². The van der Waals surface area contributed by atoms with Crippen LogP contribution in [0.4, 0.5) is 24.5 Å². The number of benzene rings is 1. The monoisotopic (exact) mass is 311 g/mol. The molecule has 0 radical (unpaired) electrons. The second-order valence-corrected chi connectivity index (χ2v) is 4.89. The molecule has 0 saturated carbocycles. The lowest BCUT2D eigenvalue weighted by molar-refractivity contribution is -0.137. The number of hydrogen-bond donors (Lipinski definition) is 2. The summed E-state index contributed by atoms with van der Waals surface area (Å²) in [5, 5.41) is 2.92. The molecule has 21 heavy (non-hydrogen) atoms. The van der Waals surface area contributed by atoms with Crippen molar-refractivity contribution < 1.29 is 13.2 Å². The molecule has 0 aliphatic carbocycles. The molecular weight excluding hydrogens is 299 g/mol. The summed E-state index contributed by atoms with van der Waals surface area (Å²) in [5.74, 6) is 0. The van der Waals surface area contributed by atoms with Crippen molar-refractivity contribution in [1.29, 1.82) is 0 Å². The van der Waals surface area contributed by atoms with Gasteiger partial charge < -0.3 is 11.1 Å². The van der Waals surface area contributed by atoms with Crippen molar-refractivity contribution in [2.24, 2.45) is 5.73 Å². The van der Waals surface area contributed by atoms with Gasteiger partial charge in [0.05, 0.1) is 11.3 Å². The summed E-state index contributed by atoms with van der Waals surface area (Å²) in [6, 6.07) is 6.74. The second-order valence-electron chi connectivity index (χ2n) is 4.45. The first-order valence-corrected chi connectivity index (χ1v) is 6.39. The molecule has 0 bridgehead atoms. The van der Waals surface area contributed by atoms with Crippen LogP contribution in [-0.2, 0) is 6.18 Å². The van der Waals surface area contributed by atoms with Crippen LogP contribution in [0, 0.1) is 6.92 Å². The Labute approximate surface area is 125 Å². The van der Waals surface area contributed by atoms with Crippen LogP contribution < -0.4 is 11.1 Å².